The Hall–Kier alpha value is -2.07. The minimum Gasteiger partial charge on any atom is -0.459 e. The molecule has 0 spiro atoms. The number of aliphatic imine (C=N–C) groups is 1. The highest BCUT2D eigenvalue weighted by Gasteiger charge is 2.35. The van der Waals surface area contributed by atoms with E-state index in [9.17, 15) is 4.79 Å². The van der Waals surface area contributed by atoms with Crippen LogP contribution >= 0.6 is 24.0 Å². The molecule has 2 fully saturated rings. The van der Waals surface area contributed by atoms with Crippen molar-refractivity contribution in [2.45, 2.75) is 44.2 Å². The summed E-state index contributed by atoms with van der Waals surface area (Å²) in [7, 11) is 1.84. The van der Waals surface area contributed by atoms with Crippen molar-refractivity contribution in [3.63, 3.8) is 0 Å². The molecular weight excluding hydrogens is 529 g/mol. The lowest BCUT2D eigenvalue weighted by Gasteiger charge is -2.39. The van der Waals surface area contributed by atoms with Gasteiger partial charge in [0.05, 0.1) is 6.26 Å². The molecule has 1 atom stereocenters. The number of halogens is 1. The molecule has 1 amide bonds. The van der Waals surface area contributed by atoms with Crippen molar-refractivity contribution in [2.75, 3.05) is 39.8 Å². The Balaban J connectivity index is 0.00000306. The first-order valence-corrected chi connectivity index (χ1v) is 11.7. The lowest BCUT2D eigenvalue weighted by molar-refractivity contribution is 0.0657. The molecule has 0 radical (unpaired) electrons. The second-order valence-corrected chi connectivity index (χ2v) is 8.92. The van der Waals surface area contributed by atoms with Crippen LogP contribution in [0.2, 0.25) is 0 Å². The highest BCUT2D eigenvalue weighted by atomic mass is 127. The van der Waals surface area contributed by atoms with Crippen LogP contribution in [0, 0.1) is 0 Å². The number of hydrogen-bond donors (Lipinski definition) is 2. The van der Waals surface area contributed by atoms with Gasteiger partial charge in [-0.3, -0.25) is 9.79 Å². The number of amides is 1. The van der Waals surface area contributed by atoms with Crippen molar-refractivity contribution in [2.24, 2.45) is 4.99 Å². The molecule has 180 valence electrons. The van der Waals surface area contributed by atoms with Gasteiger partial charge >= 0.3 is 0 Å². The van der Waals surface area contributed by atoms with Gasteiger partial charge < -0.3 is 24.9 Å². The molecule has 1 aliphatic heterocycles. The number of carbonyl (C=O) groups excluding carboxylic acids is 1. The average Bonchev–Trinajstić information content (AvgIpc) is 3.53. The molecule has 8 heteroatoms. The molecule has 1 aromatic heterocycles. The quantitative estimate of drug-likeness (QED) is 0.316. The zero-order chi connectivity index (χ0) is 22.4. The monoisotopic (exact) mass is 565 g/mol. The minimum absolute atomic E-state index is 0. The summed E-state index contributed by atoms with van der Waals surface area (Å²) in [5.41, 5.74) is 1.39. The second-order valence-electron chi connectivity index (χ2n) is 8.92. The van der Waals surface area contributed by atoms with Gasteiger partial charge in [-0.15, -0.1) is 24.0 Å². The van der Waals surface area contributed by atoms with Crippen LogP contribution in [0.3, 0.4) is 0 Å². The van der Waals surface area contributed by atoms with Crippen molar-refractivity contribution < 1.29 is 9.21 Å². The first-order valence-electron chi connectivity index (χ1n) is 11.7. The van der Waals surface area contributed by atoms with Crippen molar-refractivity contribution in [1.82, 2.24) is 20.4 Å². The Morgan fingerprint density at radius 1 is 1.06 bits per heavy atom. The number of nitrogens with one attached hydrogen (secondary N) is 2. The minimum atomic E-state index is -0.0402. The molecule has 1 saturated carbocycles. The summed E-state index contributed by atoms with van der Waals surface area (Å²) in [6.45, 7) is 5.94. The SMILES string of the molecule is CN=C(NCC1(NC(C)c2ccccc2)CCCC1)N1CCN(C(=O)c2ccco2)CC1.I. The third-order valence-corrected chi connectivity index (χ3v) is 6.78. The van der Waals surface area contributed by atoms with Gasteiger partial charge in [0.15, 0.2) is 11.7 Å². The van der Waals surface area contributed by atoms with Crippen molar-refractivity contribution in [3.8, 4) is 0 Å². The number of furan rings is 1. The molecule has 2 heterocycles. The maximum atomic E-state index is 12.5. The first kappa shape index (κ1) is 25.6. The van der Waals surface area contributed by atoms with Crippen molar-refractivity contribution in [1.29, 1.82) is 0 Å². The Morgan fingerprint density at radius 3 is 2.33 bits per heavy atom. The van der Waals surface area contributed by atoms with Gasteiger partial charge in [0.2, 0.25) is 0 Å². The molecule has 4 rings (SSSR count). The summed E-state index contributed by atoms with van der Waals surface area (Å²) in [5.74, 6) is 1.28. The average molecular weight is 566 g/mol. The van der Waals surface area contributed by atoms with Gasteiger partial charge in [-0.25, -0.2) is 0 Å². The Morgan fingerprint density at radius 2 is 1.73 bits per heavy atom. The van der Waals surface area contributed by atoms with Crippen LogP contribution in [0.4, 0.5) is 0 Å². The number of hydrogen-bond acceptors (Lipinski definition) is 4. The summed E-state index contributed by atoms with van der Waals surface area (Å²) in [5, 5.41) is 7.57. The van der Waals surface area contributed by atoms with E-state index in [-0.39, 0.29) is 35.4 Å². The summed E-state index contributed by atoms with van der Waals surface area (Å²) in [6, 6.07) is 14.4. The third-order valence-electron chi connectivity index (χ3n) is 6.78. The largest absolute Gasteiger partial charge is 0.459 e. The molecule has 7 nitrogen and oxygen atoms in total. The smallest absolute Gasteiger partial charge is 0.289 e. The van der Waals surface area contributed by atoms with Gasteiger partial charge in [0, 0.05) is 51.4 Å². The van der Waals surface area contributed by atoms with Gasteiger partial charge in [0.25, 0.3) is 5.91 Å². The number of benzene rings is 1. The Bertz CT molecular complexity index is 889. The summed E-state index contributed by atoms with van der Waals surface area (Å²) < 4.78 is 5.27. The highest BCUT2D eigenvalue weighted by molar-refractivity contribution is 14.0. The van der Waals surface area contributed by atoms with Crippen LogP contribution in [0.25, 0.3) is 0 Å². The Kier molecular flexibility index (Phi) is 9.19. The van der Waals surface area contributed by atoms with E-state index in [4.69, 9.17) is 4.42 Å². The maximum absolute atomic E-state index is 12.5. The van der Waals surface area contributed by atoms with E-state index in [1.165, 1.54) is 31.2 Å². The molecule has 2 aliphatic rings. The normalized spacial score (nSPS) is 19.2. The van der Waals surface area contributed by atoms with E-state index >= 15 is 0 Å². The molecule has 2 aromatic rings. The summed E-state index contributed by atoms with van der Waals surface area (Å²) >= 11 is 0. The van der Waals surface area contributed by atoms with E-state index in [0.29, 0.717) is 24.9 Å². The zero-order valence-corrected chi connectivity index (χ0v) is 22.0. The first-order chi connectivity index (χ1) is 15.6. The van der Waals surface area contributed by atoms with E-state index in [0.717, 1.165) is 25.6 Å². The molecule has 0 bridgehead atoms. The molecular formula is C25H36IN5O2. The fourth-order valence-electron chi connectivity index (χ4n) is 4.97. The van der Waals surface area contributed by atoms with Gasteiger partial charge in [-0.2, -0.15) is 0 Å². The number of carbonyl (C=O) groups is 1. The lowest BCUT2D eigenvalue weighted by atomic mass is 9.94. The van der Waals surface area contributed by atoms with E-state index in [1.807, 2.05) is 11.9 Å². The van der Waals surface area contributed by atoms with Crippen LogP contribution in [0.1, 0.15) is 54.8 Å². The molecule has 1 unspecified atom stereocenters. The van der Waals surface area contributed by atoms with Crippen LogP contribution in [0.5, 0.6) is 0 Å². The predicted molar refractivity (Wildman–Crippen MR) is 142 cm³/mol. The number of piperazine rings is 1. The second kappa shape index (κ2) is 11.9. The topological polar surface area (TPSA) is 73.1 Å². The molecule has 1 aromatic carbocycles. The fourth-order valence-corrected chi connectivity index (χ4v) is 4.97. The van der Waals surface area contributed by atoms with Gasteiger partial charge in [-0.1, -0.05) is 43.2 Å². The third kappa shape index (κ3) is 6.29. The number of guanidine groups is 1. The van der Waals surface area contributed by atoms with Crippen molar-refractivity contribution >= 4 is 35.8 Å². The Labute approximate surface area is 214 Å². The summed E-state index contributed by atoms with van der Waals surface area (Å²) in [4.78, 5) is 21.2. The van der Waals surface area contributed by atoms with E-state index in [2.05, 4.69) is 57.8 Å². The van der Waals surface area contributed by atoms with Crippen LogP contribution in [-0.2, 0) is 0 Å². The van der Waals surface area contributed by atoms with E-state index in [1.54, 1.807) is 18.4 Å². The highest BCUT2D eigenvalue weighted by Crippen LogP contribution is 2.32. The standard InChI is InChI=1S/C25H35N5O2.HI/c1-20(21-9-4-3-5-10-21)28-25(12-6-7-13-25)19-27-24(26-2)30-16-14-29(15-17-30)23(31)22-11-8-18-32-22;/h3-5,8-11,18,20,28H,6-7,12-17,19H2,1-2H3,(H,26,27);1H. The fraction of sp³-hybridized carbons (Fsp3) is 0.520. The maximum Gasteiger partial charge on any atom is 0.289 e. The van der Waals surface area contributed by atoms with Gasteiger partial charge in [-0.05, 0) is 37.5 Å². The van der Waals surface area contributed by atoms with Crippen LogP contribution in [-0.4, -0.2) is 67.0 Å². The molecule has 1 saturated heterocycles. The lowest BCUT2D eigenvalue weighted by Crippen LogP contribution is -2.58. The van der Waals surface area contributed by atoms with Crippen LogP contribution in [0.15, 0.2) is 58.1 Å². The molecule has 33 heavy (non-hydrogen) atoms. The number of rotatable bonds is 6. The van der Waals surface area contributed by atoms with Gasteiger partial charge in [0.1, 0.15) is 0 Å². The van der Waals surface area contributed by atoms with E-state index < -0.39 is 0 Å². The molecule has 2 N–H and O–H groups in total. The van der Waals surface area contributed by atoms with Crippen LogP contribution < -0.4 is 10.6 Å². The zero-order valence-electron chi connectivity index (χ0n) is 19.6. The summed E-state index contributed by atoms with van der Waals surface area (Å²) in [6.07, 6.45) is 6.38. The number of nitrogens with zero attached hydrogens (tertiary/aromatic N) is 3. The van der Waals surface area contributed by atoms with Crippen molar-refractivity contribution in [3.05, 3.63) is 60.1 Å². The molecule has 1 aliphatic carbocycles. The predicted octanol–water partition coefficient (Wildman–Crippen LogP) is 3.89.